The van der Waals surface area contributed by atoms with Crippen molar-refractivity contribution in [2.45, 2.75) is 38.8 Å². The first-order valence-corrected chi connectivity index (χ1v) is 7.68. The summed E-state index contributed by atoms with van der Waals surface area (Å²) < 4.78 is 22.0. The number of aromatic nitrogens is 1. The average molecular weight is 362 g/mol. The zero-order valence-corrected chi connectivity index (χ0v) is 13.6. The van der Waals surface area contributed by atoms with Crippen molar-refractivity contribution in [2.75, 3.05) is 20.5 Å². The molecule has 1 fully saturated rings. The molecule has 1 aromatic heterocycles. The first-order valence-electron chi connectivity index (χ1n) is 6.88. The molecule has 118 valence electrons. The Labute approximate surface area is 132 Å². The molecule has 1 aliphatic rings. The molecule has 6 nitrogen and oxygen atoms in total. The van der Waals surface area contributed by atoms with Gasteiger partial charge in [-0.2, -0.15) is 0 Å². The lowest BCUT2D eigenvalue weighted by molar-refractivity contribution is -0.169. The van der Waals surface area contributed by atoms with Crippen molar-refractivity contribution in [3.05, 3.63) is 21.9 Å². The molecule has 1 unspecified atom stereocenters. The standard InChI is InChI=1S/C14H20BrNO5/c1-18-9-21-13-10(7-17)6-11(16-14(13)15)8-20-12-4-2-3-5-19-12/h6,12,17H,2-5,7-9H2,1H3. The fourth-order valence-electron chi connectivity index (χ4n) is 2.09. The molecule has 1 saturated heterocycles. The Hall–Kier alpha value is -0.730. The van der Waals surface area contributed by atoms with E-state index in [4.69, 9.17) is 18.9 Å². The van der Waals surface area contributed by atoms with E-state index >= 15 is 0 Å². The smallest absolute Gasteiger partial charge is 0.188 e. The van der Waals surface area contributed by atoms with Crippen molar-refractivity contribution in [1.82, 2.24) is 4.98 Å². The van der Waals surface area contributed by atoms with Crippen LogP contribution in [0.3, 0.4) is 0 Å². The van der Waals surface area contributed by atoms with Gasteiger partial charge in [-0.05, 0) is 41.3 Å². The Balaban J connectivity index is 2.00. The fourth-order valence-corrected chi connectivity index (χ4v) is 2.69. The van der Waals surface area contributed by atoms with Crippen LogP contribution in [0.5, 0.6) is 5.75 Å². The summed E-state index contributed by atoms with van der Waals surface area (Å²) in [7, 11) is 1.53. The van der Waals surface area contributed by atoms with Gasteiger partial charge < -0.3 is 24.1 Å². The number of aliphatic hydroxyl groups is 1. The van der Waals surface area contributed by atoms with Crippen LogP contribution in [0.4, 0.5) is 0 Å². The average Bonchev–Trinajstić information content (AvgIpc) is 2.52. The fraction of sp³-hybridized carbons (Fsp3) is 0.643. The number of nitrogens with zero attached hydrogens (tertiary/aromatic N) is 1. The molecule has 1 aliphatic heterocycles. The van der Waals surface area contributed by atoms with E-state index in [0.717, 1.165) is 25.9 Å². The third kappa shape index (κ3) is 4.89. The molecule has 0 saturated carbocycles. The maximum atomic E-state index is 9.45. The molecule has 0 bridgehead atoms. The molecule has 2 rings (SSSR count). The van der Waals surface area contributed by atoms with Crippen LogP contribution < -0.4 is 4.74 Å². The highest BCUT2D eigenvalue weighted by Gasteiger charge is 2.16. The second-order valence-corrected chi connectivity index (χ2v) is 5.46. The second-order valence-electron chi connectivity index (χ2n) is 4.71. The minimum atomic E-state index is -0.165. The van der Waals surface area contributed by atoms with Gasteiger partial charge in [0.15, 0.2) is 18.8 Å². The van der Waals surface area contributed by atoms with Gasteiger partial charge >= 0.3 is 0 Å². The molecule has 0 radical (unpaired) electrons. The van der Waals surface area contributed by atoms with Gasteiger partial charge in [-0.15, -0.1) is 0 Å². The number of hydrogen-bond acceptors (Lipinski definition) is 6. The number of ether oxygens (including phenoxy) is 4. The Morgan fingerprint density at radius 2 is 2.33 bits per heavy atom. The van der Waals surface area contributed by atoms with Crippen LogP contribution in [0.1, 0.15) is 30.5 Å². The molecule has 0 aliphatic carbocycles. The van der Waals surface area contributed by atoms with Crippen LogP contribution in [-0.4, -0.2) is 36.9 Å². The quantitative estimate of drug-likeness (QED) is 0.593. The van der Waals surface area contributed by atoms with Crippen LogP contribution in [0.25, 0.3) is 0 Å². The van der Waals surface area contributed by atoms with E-state index in [1.54, 1.807) is 6.07 Å². The van der Waals surface area contributed by atoms with Crippen LogP contribution in [0.15, 0.2) is 10.7 Å². The monoisotopic (exact) mass is 361 g/mol. The van der Waals surface area contributed by atoms with E-state index in [2.05, 4.69) is 20.9 Å². The number of halogens is 1. The highest BCUT2D eigenvalue weighted by Crippen LogP contribution is 2.29. The number of hydrogen-bond donors (Lipinski definition) is 1. The van der Waals surface area contributed by atoms with Crippen LogP contribution in [0, 0.1) is 0 Å². The van der Waals surface area contributed by atoms with E-state index in [1.165, 1.54) is 7.11 Å². The van der Waals surface area contributed by atoms with E-state index in [9.17, 15) is 5.11 Å². The maximum absolute atomic E-state index is 9.45. The largest absolute Gasteiger partial charge is 0.464 e. The zero-order chi connectivity index (χ0) is 15.1. The summed E-state index contributed by atoms with van der Waals surface area (Å²) in [6.45, 7) is 1.03. The molecule has 0 aromatic carbocycles. The lowest BCUT2D eigenvalue weighted by atomic mass is 10.2. The van der Waals surface area contributed by atoms with Gasteiger partial charge in [0.1, 0.15) is 4.60 Å². The summed E-state index contributed by atoms with van der Waals surface area (Å²) in [5.41, 5.74) is 1.35. The van der Waals surface area contributed by atoms with Crippen LogP contribution in [0.2, 0.25) is 0 Å². The third-order valence-corrected chi connectivity index (χ3v) is 3.65. The summed E-state index contributed by atoms with van der Waals surface area (Å²) in [6, 6.07) is 1.76. The summed E-state index contributed by atoms with van der Waals surface area (Å²) >= 11 is 3.35. The number of aliphatic hydroxyl groups excluding tert-OH is 1. The number of rotatable bonds is 7. The molecule has 7 heteroatoms. The Bertz CT molecular complexity index is 451. The van der Waals surface area contributed by atoms with Gasteiger partial charge in [-0.1, -0.05) is 0 Å². The van der Waals surface area contributed by atoms with Gasteiger partial charge in [0.25, 0.3) is 0 Å². The van der Waals surface area contributed by atoms with Gasteiger partial charge in [0.2, 0.25) is 0 Å². The highest BCUT2D eigenvalue weighted by molar-refractivity contribution is 9.10. The second kappa shape index (κ2) is 8.65. The summed E-state index contributed by atoms with van der Waals surface area (Å²) in [4.78, 5) is 4.36. The van der Waals surface area contributed by atoms with Gasteiger partial charge in [-0.3, -0.25) is 0 Å². The first-order chi connectivity index (χ1) is 10.2. The summed E-state index contributed by atoms with van der Waals surface area (Å²) in [5.74, 6) is 0.483. The number of pyridine rings is 1. The molecule has 1 N–H and O–H groups in total. The molecule has 0 amide bonds. The first kappa shape index (κ1) is 16.6. The van der Waals surface area contributed by atoms with E-state index < -0.39 is 0 Å². The van der Waals surface area contributed by atoms with Crippen molar-refractivity contribution in [2.24, 2.45) is 0 Å². The Morgan fingerprint density at radius 1 is 1.48 bits per heavy atom. The lowest BCUT2D eigenvalue weighted by Crippen LogP contribution is -2.22. The normalized spacial score (nSPS) is 18.7. The molecular weight excluding hydrogens is 342 g/mol. The zero-order valence-electron chi connectivity index (χ0n) is 12.0. The van der Waals surface area contributed by atoms with Crippen molar-refractivity contribution >= 4 is 15.9 Å². The van der Waals surface area contributed by atoms with Gasteiger partial charge in [-0.25, -0.2) is 4.98 Å². The van der Waals surface area contributed by atoms with E-state index in [0.29, 0.717) is 28.2 Å². The molecular formula is C14H20BrNO5. The van der Waals surface area contributed by atoms with E-state index in [1.807, 2.05) is 0 Å². The van der Waals surface area contributed by atoms with Gasteiger partial charge in [0.05, 0.1) is 18.9 Å². The van der Waals surface area contributed by atoms with E-state index in [-0.39, 0.29) is 19.7 Å². The third-order valence-electron chi connectivity index (χ3n) is 3.11. The minimum absolute atomic E-state index is 0.0963. The molecule has 2 heterocycles. The highest BCUT2D eigenvalue weighted by atomic mass is 79.9. The lowest BCUT2D eigenvalue weighted by Gasteiger charge is -2.22. The Kier molecular flexibility index (Phi) is 6.85. The number of methoxy groups -OCH3 is 1. The van der Waals surface area contributed by atoms with Gasteiger partial charge in [0, 0.05) is 19.3 Å². The molecule has 21 heavy (non-hydrogen) atoms. The predicted molar refractivity (Wildman–Crippen MR) is 78.7 cm³/mol. The molecule has 0 spiro atoms. The van der Waals surface area contributed by atoms with Crippen molar-refractivity contribution < 1.29 is 24.1 Å². The summed E-state index contributed by atoms with van der Waals surface area (Å²) in [6.07, 6.45) is 2.95. The maximum Gasteiger partial charge on any atom is 0.188 e. The summed E-state index contributed by atoms with van der Waals surface area (Å²) in [5, 5.41) is 9.45. The van der Waals surface area contributed by atoms with Crippen LogP contribution >= 0.6 is 15.9 Å². The van der Waals surface area contributed by atoms with Crippen molar-refractivity contribution in [3.8, 4) is 5.75 Å². The molecule has 1 aromatic rings. The van der Waals surface area contributed by atoms with Crippen LogP contribution in [-0.2, 0) is 27.4 Å². The SMILES string of the molecule is COCOc1c(CO)cc(COC2CCCCO2)nc1Br. The minimum Gasteiger partial charge on any atom is -0.464 e. The predicted octanol–water partition coefficient (Wildman–Crippen LogP) is 2.36. The van der Waals surface area contributed by atoms with Crippen molar-refractivity contribution in [1.29, 1.82) is 0 Å². The van der Waals surface area contributed by atoms with Crippen molar-refractivity contribution in [3.63, 3.8) is 0 Å². The topological polar surface area (TPSA) is 70.0 Å². The Morgan fingerprint density at radius 3 is 3.00 bits per heavy atom. The molecule has 1 atom stereocenters.